The van der Waals surface area contributed by atoms with E-state index in [2.05, 4.69) is 85.3 Å². The average molecular weight is 663 g/mol. The van der Waals surface area contributed by atoms with Gasteiger partial charge in [0.2, 0.25) is 0 Å². The first kappa shape index (κ1) is 35.5. The van der Waals surface area contributed by atoms with Crippen molar-refractivity contribution < 1.29 is 9.47 Å². The molecule has 0 aliphatic heterocycles. The lowest BCUT2D eigenvalue weighted by molar-refractivity contribution is 0.305. The van der Waals surface area contributed by atoms with Crippen molar-refractivity contribution in [3.05, 3.63) is 70.4 Å². The molecule has 0 saturated heterocycles. The molecule has 0 fully saturated rings. The Kier molecular flexibility index (Phi) is 16.9. The largest absolute Gasteiger partial charge is 0.493 e. The van der Waals surface area contributed by atoms with E-state index in [4.69, 9.17) is 9.47 Å². The van der Waals surface area contributed by atoms with Crippen LogP contribution in [0.2, 0.25) is 0 Å². The molecule has 0 atom stereocenters. The number of benzene rings is 1. The van der Waals surface area contributed by atoms with Gasteiger partial charge in [0.05, 0.1) is 18.1 Å². The standard InChI is InChI=1S/C40H54O2S3/c1-3-5-7-9-11-13-15-20-26-41-35-29-37(43-31-35)38-28-34(25-24-33-22-18-17-19-23-33)40(45-38)39-30-36(32-44-39)42-27-21-16-14-12-10-8-6-4-2/h17-19,22-25,28-32H,3-16,20-21,26-27H2,1-2H3/b25-24+. The average Bonchev–Trinajstić information content (AvgIpc) is 3.83. The Morgan fingerprint density at radius 1 is 0.533 bits per heavy atom. The molecule has 0 aliphatic rings. The fourth-order valence-corrected chi connectivity index (χ4v) is 8.52. The molecular formula is C40H54O2S3. The maximum Gasteiger partial charge on any atom is 0.130 e. The second-order valence-electron chi connectivity index (χ2n) is 12.1. The monoisotopic (exact) mass is 662 g/mol. The first-order chi connectivity index (χ1) is 22.3. The maximum atomic E-state index is 6.18. The van der Waals surface area contributed by atoms with Crippen molar-refractivity contribution >= 4 is 46.2 Å². The molecule has 244 valence electrons. The van der Waals surface area contributed by atoms with E-state index in [1.165, 1.54) is 121 Å². The summed E-state index contributed by atoms with van der Waals surface area (Å²) in [4.78, 5) is 5.14. The van der Waals surface area contributed by atoms with Crippen LogP contribution in [-0.2, 0) is 0 Å². The smallest absolute Gasteiger partial charge is 0.130 e. The third-order valence-electron chi connectivity index (χ3n) is 8.17. The lowest BCUT2D eigenvalue weighted by Gasteiger charge is -2.04. The Bertz CT molecular complexity index is 1350. The van der Waals surface area contributed by atoms with Gasteiger partial charge in [-0.3, -0.25) is 0 Å². The van der Waals surface area contributed by atoms with Gasteiger partial charge in [-0.25, -0.2) is 0 Å². The van der Waals surface area contributed by atoms with Crippen molar-refractivity contribution in [2.75, 3.05) is 13.2 Å². The van der Waals surface area contributed by atoms with Gasteiger partial charge in [0.25, 0.3) is 0 Å². The second-order valence-corrected chi connectivity index (χ2v) is 15.0. The summed E-state index contributed by atoms with van der Waals surface area (Å²) in [5.41, 5.74) is 2.47. The Morgan fingerprint density at radius 3 is 1.62 bits per heavy atom. The molecule has 0 N–H and O–H groups in total. The number of thiophene rings is 3. The summed E-state index contributed by atoms with van der Waals surface area (Å²) in [7, 11) is 0. The van der Waals surface area contributed by atoms with E-state index in [1.807, 2.05) is 11.3 Å². The lowest BCUT2D eigenvalue weighted by atomic mass is 10.1. The molecular weight excluding hydrogens is 609 g/mol. The van der Waals surface area contributed by atoms with Gasteiger partial charge in [0, 0.05) is 25.4 Å². The highest BCUT2D eigenvalue weighted by Gasteiger charge is 2.15. The molecule has 0 unspecified atom stereocenters. The molecule has 0 amide bonds. The summed E-state index contributed by atoms with van der Waals surface area (Å²) in [6.07, 6.45) is 25.6. The van der Waals surface area contributed by atoms with Crippen molar-refractivity contribution in [2.45, 2.75) is 117 Å². The summed E-state index contributed by atoms with van der Waals surface area (Å²) in [5, 5.41) is 4.34. The zero-order valence-corrected chi connectivity index (χ0v) is 30.1. The fourth-order valence-electron chi connectivity index (χ4n) is 5.48. The first-order valence-corrected chi connectivity index (χ1v) is 20.1. The predicted octanol–water partition coefficient (Wildman–Crippen LogP) is 14.4. The van der Waals surface area contributed by atoms with Crippen LogP contribution in [0.3, 0.4) is 0 Å². The van der Waals surface area contributed by atoms with Gasteiger partial charge in [-0.2, -0.15) is 0 Å². The zero-order chi connectivity index (χ0) is 31.4. The van der Waals surface area contributed by atoms with E-state index in [0.29, 0.717) is 0 Å². The second kappa shape index (κ2) is 21.5. The van der Waals surface area contributed by atoms with Crippen LogP contribution in [0.15, 0.2) is 59.3 Å². The summed E-state index contributed by atoms with van der Waals surface area (Å²) < 4.78 is 12.3. The Morgan fingerprint density at radius 2 is 1.04 bits per heavy atom. The van der Waals surface area contributed by atoms with Crippen LogP contribution in [0.4, 0.5) is 0 Å². The number of rotatable bonds is 24. The van der Waals surface area contributed by atoms with E-state index in [9.17, 15) is 0 Å². The van der Waals surface area contributed by atoms with E-state index in [0.717, 1.165) is 37.6 Å². The van der Waals surface area contributed by atoms with Gasteiger partial charge >= 0.3 is 0 Å². The number of ether oxygens (including phenoxy) is 2. The fraction of sp³-hybridized carbons (Fsp3) is 0.500. The molecule has 0 saturated carbocycles. The lowest BCUT2D eigenvalue weighted by Crippen LogP contribution is -1.96. The van der Waals surface area contributed by atoms with Crippen molar-refractivity contribution in [2.24, 2.45) is 0 Å². The summed E-state index contributed by atoms with van der Waals surface area (Å²) in [6.45, 7) is 6.17. The highest BCUT2D eigenvalue weighted by atomic mass is 32.1. The minimum absolute atomic E-state index is 0.804. The van der Waals surface area contributed by atoms with Gasteiger partial charge in [-0.15, -0.1) is 34.0 Å². The molecule has 3 heterocycles. The third-order valence-corrected chi connectivity index (χ3v) is 11.5. The van der Waals surface area contributed by atoms with E-state index in [1.54, 1.807) is 22.7 Å². The van der Waals surface area contributed by atoms with E-state index >= 15 is 0 Å². The van der Waals surface area contributed by atoms with Gasteiger partial charge in [0.1, 0.15) is 11.5 Å². The topological polar surface area (TPSA) is 18.5 Å². The van der Waals surface area contributed by atoms with Crippen molar-refractivity contribution in [3.63, 3.8) is 0 Å². The number of hydrogen-bond acceptors (Lipinski definition) is 5. The predicted molar refractivity (Wildman–Crippen MR) is 203 cm³/mol. The number of unbranched alkanes of at least 4 members (excludes halogenated alkanes) is 14. The summed E-state index contributed by atoms with van der Waals surface area (Å²) in [6, 6.07) is 17.4. The Balaban J connectivity index is 1.33. The minimum Gasteiger partial charge on any atom is -0.493 e. The molecule has 45 heavy (non-hydrogen) atoms. The molecule has 0 spiro atoms. The highest BCUT2D eigenvalue weighted by Crippen LogP contribution is 2.45. The van der Waals surface area contributed by atoms with Crippen molar-refractivity contribution in [3.8, 4) is 31.0 Å². The van der Waals surface area contributed by atoms with Crippen LogP contribution in [-0.4, -0.2) is 13.2 Å². The Labute approximate surface area is 285 Å². The van der Waals surface area contributed by atoms with Crippen molar-refractivity contribution in [1.29, 1.82) is 0 Å². The van der Waals surface area contributed by atoms with Crippen molar-refractivity contribution in [1.82, 2.24) is 0 Å². The van der Waals surface area contributed by atoms with Gasteiger partial charge in [-0.05, 0) is 42.2 Å². The van der Waals surface area contributed by atoms with Gasteiger partial charge in [-0.1, -0.05) is 146 Å². The minimum atomic E-state index is 0.804. The SMILES string of the molecule is CCCCCCCCCCOc1csc(-c2cc(/C=C/c3ccccc3)c(-c3cc(OCCCCCCCCCC)cs3)s2)c1. The molecule has 0 radical (unpaired) electrons. The molecule has 3 aromatic heterocycles. The third kappa shape index (κ3) is 13.1. The molecule has 0 bridgehead atoms. The summed E-state index contributed by atoms with van der Waals surface area (Å²) >= 11 is 5.44. The van der Waals surface area contributed by atoms with Crippen LogP contribution in [0.25, 0.3) is 31.7 Å². The van der Waals surface area contributed by atoms with Crippen LogP contribution in [0, 0.1) is 0 Å². The molecule has 2 nitrogen and oxygen atoms in total. The first-order valence-electron chi connectivity index (χ1n) is 17.6. The van der Waals surface area contributed by atoms with Crippen LogP contribution in [0.5, 0.6) is 11.5 Å². The van der Waals surface area contributed by atoms with Crippen LogP contribution >= 0.6 is 34.0 Å². The molecule has 4 rings (SSSR count). The Hall–Kier alpha value is -2.34. The summed E-state index contributed by atoms with van der Waals surface area (Å²) in [5.74, 6) is 2.00. The quantitative estimate of drug-likeness (QED) is 0.0695. The van der Waals surface area contributed by atoms with Crippen LogP contribution < -0.4 is 9.47 Å². The maximum absolute atomic E-state index is 6.18. The molecule has 0 aliphatic carbocycles. The highest BCUT2D eigenvalue weighted by molar-refractivity contribution is 7.26. The number of hydrogen-bond donors (Lipinski definition) is 0. The molecule has 5 heteroatoms. The molecule has 4 aromatic rings. The van der Waals surface area contributed by atoms with E-state index < -0.39 is 0 Å². The molecule has 1 aromatic carbocycles. The van der Waals surface area contributed by atoms with Crippen LogP contribution in [0.1, 0.15) is 128 Å². The zero-order valence-electron chi connectivity index (χ0n) is 27.7. The van der Waals surface area contributed by atoms with E-state index in [-0.39, 0.29) is 0 Å². The van der Waals surface area contributed by atoms with Gasteiger partial charge < -0.3 is 9.47 Å². The van der Waals surface area contributed by atoms with Gasteiger partial charge in [0.15, 0.2) is 0 Å². The normalized spacial score (nSPS) is 11.5.